The molecule has 2 rings (SSSR count). The Morgan fingerprint density at radius 3 is 2.75 bits per heavy atom. The average Bonchev–Trinajstić information content (AvgIpc) is 3.06. The highest BCUT2D eigenvalue weighted by Crippen LogP contribution is 2.31. The van der Waals surface area contributed by atoms with Crippen molar-refractivity contribution in [1.82, 2.24) is 25.6 Å². The van der Waals surface area contributed by atoms with Gasteiger partial charge in [-0.1, -0.05) is 25.1 Å². The number of H-pyrrole nitrogens is 1. The normalized spacial score (nSPS) is 13.7. The summed E-state index contributed by atoms with van der Waals surface area (Å²) < 4.78 is 0. The first kappa shape index (κ1) is 17.8. The topological polar surface area (TPSA) is 137 Å². The number of aromatic amines is 1. The van der Waals surface area contributed by atoms with Gasteiger partial charge in [0.1, 0.15) is 5.82 Å². The fourth-order valence-electron chi connectivity index (χ4n) is 2.73. The van der Waals surface area contributed by atoms with Crippen LogP contribution in [0, 0.1) is 11.8 Å². The maximum absolute atomic E-state index is 11.7. The molecule has 0 aliphatic carbocycles. The van der Waals surface area contributed by atoms with Crippen molar-refractivity contribution >= 4 is 11.8 Å². The summed E-state index contributed by atoms with van der Waals surface area (Å²) in [4.78, 5) is 16.2. The van der Waals surface area contributed by atoms with Gasteiger partial charge in [0.05, 0.1) is 12.5 Å². The van der Waals surface area contributed by atoms with Gasteiger partial charge < -0.3 is 15.5 Å². The number of carboxylic acids is 1. The van der Waals surface area contributed by atoms with Gasteiger partial charge in [-0.15, -0.1) is 10.2 Å². The van der Waals surface area contributed by atoms with E-state index >= 15 is 0 Å². The lowest BCUT2D eigenvalue weighted by atomic mass is 9.80. The number of tetrazole rings is 1. The highest BCUT2D eigenvalue weighted by Gasteiger charge is 2.35. The third-order valence-electron chi connectivity index (χ3n) is 3.78. The first-order chi connectivity index (χ1) is 11.5. The molecule has 130 valence electrons. The molecule has 0 fully saturated rings. The zero-order chi connectivity index (χ0) is 17.5. The van der Waals surface area contributed by atoms with E-state index in [4.69, 9.17) is 5.11 Å². The molecule has 2 unspecified atom stereocenters. The lowest BCUT2D eigenvalue weighted by Gasteiger charge is -2.24. The van der Waals surface area contributed by atoms with Gasteiger partial charge in [0.2, 0.25) is 0 Å². The number of nitrogens with zero attached hydrogens (tertiary/aromatic N) is 4. The lowest BCUT2D eigenvalue weighted by molar-refractivity contribution is -0.144. The third-order valence-corrected chi connectivity index (χ3v) is 3.78. The molecule has 24 heavy (non-hydrogen) atoms. The Hall–Kier alpha value is -2.55. The van der Waals surface area contributed by atoms with Crippen LogP contribution in [0.4, 0.5) is 5.82 Å². The van der Waals surface area contributed by atoms with E-state index in [2.05, 4.69) is 30.9 Å². The molecule has 9 heteroatoms. The molecule has 4 N–H and O–H groups in total. The average molecular weight is 334 g/mol. The monoisotopic (exact) mass is 334 g/mol. The Kier molecular flexibility index (Phi) is 6.19. The predicted octanol–water partition coefficient (Wildman–Crippen LogP) is 0.682. The number of hydrogen-bond donors (Lipinski definition) is 4. The van der Waals surface area contributed by atoms with Crippen molar-refractivity contribution in [2.24, 2.45) is 11.8 Å². The third kappa shape index (κ3) is 4.48. The van der Waals surface area contributed by atoms with Gasteiger partial charge in [-0.25, -0.2) is 4.98 Å². The smallest absolute Gasteiger partial charge is 0.307 e. The molecular weight excluding hydrogens is 312 g/mol. The van der Waals surface area contributed by atoms with Crippen molar-refractivity contribution in [2.75, 3.05) is 18.5 Å². The number of nitrogens with one attached hydrogen (secondary N) is 2. The number of aliphatic hydroxyl groups is 1. The number of hydrogen-bond acceptors (Lipinski definition) is 7. The highest BCUT2D eigenvalue weighted by molar-refractivity contribution is 5.71. The number of aliphatic hydroxyl groups excluding tert-OH is 1. The zero-order valence-corrected chi connectivity index (χ0v) is 13.7. The molecule has 0 spiro atoms. The summed E-state index contributed by atoms with van der Waals surface area (Å²) in [6, 6.07) is 5.45. The van der Waals surface area contributed by atoms with E-state index in [0.717, 1.165) is 5.69 Å². The van der Waals surface area contributed by atoms with Crippen molar-refractivity contribution in [3.05, 3.63) is 29.7 Å². The van der Waals surface area contributed by atoms with Crippen LogP contribution >= 0.6 is 0 Å². The summed E-state index contributed by atoms with van der Waals surface area (Å²) in [5, 5.41) is 35.4. The molecule has 0 bridgehead atoms. The highest BCUT2D eigenvalue weighted by atomic mass is 16.4. The first-order valence-electron chi connectivity index (χ1n) is 7.79. The molecule has 2 atom stereocenters. The van der Waals surface area contributed by atoms with Gasteiger partial charge in [0.25, 0.3) is 0 Å². The van der Waals surface area contributed by atoms with Crippen molar-refractivity contribution in [1.29, 1.82) is 0 Å². The Labute approximate surface area is 139 Å². The Morgan fingerprint density at radius 1 is 1.38 bits per heavy atom. The molecule has 0 amide bonds. The second kappa shape index (κ2) is 8.34. The zero-order valence-electron chi connectivity index (χ0n) is 13.7. The quantitative estimate of drug-likeness (QED) is 0.525. The van der Waals surface area contributed by atoms with Crippen LogP contribution in [-0.2, 0) is 11.2 Å². The minimum atomic E-state index is -0.894. The molecule has 0 saturated heterocycles. The summed E-state index contributed by atoms with van der Waals surface area (Å²) in [7, 11) is 0. The second-order valence-corrected chi connectivity index (χ2v) is 5.85. The van der Waals surface area contributed by atoms with Crippen LogP contribution in [0.1, 0.15) is 31.3 Å². The number of carbonyl (C=O) groups is 1. The van der Waals surface area contributed by atoms with E-state index in [1.165, 1.54) is 0 Å². The summed E-state index contributed by atoms with van der Waals surface area (Å²) in [6.07, 6.45) is 0.378. The number of rotatable bonds is 9. The van der Waals surface area contributed by atoms with Gasteiger partial charge in [-0.05, 0) is 18.1 Å². The van der Waals surface area contributed by atoms with E-state index in [1.54, 1.807) is 6.07 Å². The van der Waals surface area contributed by atoms with Gasteiger partial charge in [0.15, 0.2) is 5.82 Å². The number of aliphatic carboxylic acids is 1. The van der Waals surface area contributed by atoms with Crippen LogP contribution in [0.5, 0.6) is 0 Å². The van der Waals surface area contributed by atoms with Crippen LogP contribution in [-0.4, -0.2) is 54.9 Å². The van der Waals surface area contributed by atoms with Crippen molar-refractivity contribution in [3.8, 4) is 0 Å². The molecule has 2 heterocycles. The molecule has 0 radical (unpaired) electrons. The summed E-state index contributed by atoms with van der Waals surface area (Å²) in [5.74, 6) is -1.09. The van der Waals surface area contributed by atoms with E-state index in [-0.39, 0.29) is 12.5 Å². The van der Waals surface area contributed by atoms with Crippen LogP contribution in [0.3, 0.4) is 0 Å². The van der Waals surface area contributed by atoms with E-state index in [1.807, 2.05) is 26.0 Å². The molecule has 9 nitrogen and oxygen atoms in total. The van der Waals surface area contributed by atoms with E-state index in [0.29, 0.717) is 24.6 Å². The van der Waals surface area contributed by atoms with Gasteiger partial charge in [-0.3, -0.25) is 4.79 Å². The largest absolute Gasteiger partial charge is 0.481 e. The van der Waals surface area contributed by atoms with Crippen LogP contribution < -0.4 is 5.32 Å². The number of carboxylic acid groups (broad SMARTS) is 1. The summed E-state index contributed by atoms with van der Waals surface area (Å²) in [5.41, 5.74) is 0.722. The van der Waals surface area contributed by atoms with Crippen LogP contribution in [0.15, 0.2) is 18.2 Å². The minimum absolute atomic E-state index is 0.00578. The van der Waals surface area contributed by atoms with Crippen LogP contribution in [0.25, 0.3) is 0 Å². The fourth-order valence-corrected chi connectivity index (χ4v) is 2.73. The number of aromatic nitrogens is 5. The molecule has 0 aromatic carbocycles. The van der Waals surface area contributed by atoms with Gasteiger partial charge >= 0.3 is 5.97 Å². The summed E-state index contributed by atoms with van der Waals surface area (Å²) >= 11 is 0. The Morgan fingerprint density at radius 2 is 2.17 bits per heavy atom. The van der Waals surface area contributed by atoms with E-state index in [9.17, 15) is 9.90 Å². The molecule has 0 aliphatic rings. The Bertz CT molecular complexity index is 646. The SMILES string of the molecule is CC(C)C(C(=O)O)C(Cc1cccc(NCCO)n1)c1nn[nH]n1. The molecule has 0 aliphatic heterocycles. The molecule has 0 saturated carbocycles. The standard InChI is InChI=1S/C15H22N6O3/c1-9(2)13(15(23)24)11(14-18-20-21-19-14)8-10-4-3-5-12(17-10)16-6-7-22/h3-5,9,11,13,22H,6-8H2,1-2H3,(H,16,17)(H,23,24)(H,18,19,20,21). The minimum Gasteiger partial charge on any atom is -0.481 e. The summed E-state index contributed by atoms with van der Waals surface area (Å²) in [6.45, 7) is 4.12. The first-order valence-corrected chi connectivity index (χ1v) is 7.79. The fraction of sp³-hybridized carbons (Fsp3) is 0.533. The molecule has 2 aromatic rings. The van der Waals surface area contributed by atoms with Gasteiger partial charge in [0, 0.05) is 24.6 Å². The maximum atomic E-state index is 11.7. The lowest BCUT2D eigenvalue weighted by Crippen LogP contribution is -2.29. The maximum Gasteiger partial charge on any atom is 0.307 e. The van der Waals surface area contributed by atoms with Gasteiger partial charge in [-0.2, -0.15) is 5.21 Å². The number of pyridine rings is 1. The number of anilines is 1. The Balaban J connectivity index is 2.27. The second-order valence-electron chi connectivity index (χ2n) is 5.85. The molecule has 2 aromatic heterocycles. The van der Waals surface area contributed by atoms with Crippen LogP contribution in [0.2, 0.25) is 0 Å². The molecular formula is C15H22N6O3. The van der Waals surface area contributed by atoms with Crippen molar-refractivity contribution in [2.45, 2.75) is 26.2 Å². The van der Waals surface area contributed by atoms with Crippen molar-refractivity contribution < 1.29 is 15.0 Å². The van der Waals surface area contributed by atoms with E-state index < -0.39 is 17.8 Å². The van der Waals surface area contributed by atoms with Crippen molar-refractivity contribution in [3.63, 3.8) is 0 Å². The predicted molar refractivity (Wildman–Crippen MR) is 86.4 cm³/mol.